The van der Waals surface area contributed by atoms with E-state index < -0.39 is 0 Å². The van der Waals surface area contributed by atoms with Crippen molar-refractivity contribution in [1.82, 2.24) is 29.6 Å². The largest absolute Gasteiger partial charge is 0.508 e. The summed E-state index contributed by atoms with van der Waals surface area (Å²) in [6.07, 6.45) is 10.9. The van der Waals surface area contributed by atoms with Crippen LogP contribution >= 0.6 is 46.4 Å². The van der Waals surface area contributed by atoms with Crippen molar-refractivity contribution in [3.05, 3.63) is 140 Å². The van der Waals surface area contributed by atoms with Gasteiger partial charge in [-0.15, -0.1) is 0 Å². The summed E-state index contributed by atoms with van der Waals surface area (Å²) in [4.78, 5) is 44.4. The number of aliphatic hydroxyl groups is 2. The Hall–Kier alpha value is -4.76. The molecule has 6 aromatic rings. The van der Waals surface area contributed by atoms with Gasteiger partial charge >= 0.3 is 0 Å². The Bertz CT molecular complexity index is 2900. The van der Waals surface area contributed by atoms with E-state index in [1.54, 1.807) is 49.8 Å². The second kappa shape index (κ2) is 24.3. The number of aromatic nitrogens is 2. The van der Waals surface area contributed by atoms with Gasteiger partial charge in [0.1, 0.15) is 11.5 Å². The van der Waals surface area contributed by atoms with Gasteiger partial charge in [0.25, 0.3) is 11.8 Å². The van der Waals surface area contributed by atoms with Crippen molar-refractivity contribution in [1.29, 1.82) is 0 Å². The van der Waals surface area contributed by atoms with Gasteiger partial charge in [-0.3, -0.25) is 29.4 Å². The van der Waals surface area contributed by atoms with E-state index in [-0.39, 0.29) is 42.6 Å². The molecule has 4 saturated heterocycles. The molecule has 16 heteroatoms. The highest BCUT2D eigenvalue weighted by Crippen LogP contribution is 2.35. The molecule has 2 aromatic heterocycles. The van der Waals surface area contributed by atoms with Gasteiger partial charge in [-0.2, -0.15) is 0 Å². The number of benzene rings is 4. The van der Waals surface area contributed by atoms with Crippen LogP contribution in [0, 0.1) is 23.7 Å². The number of halogens is 4. The third kappa shape index (κ3) is 12.5. The molecule has 0 aliphatic carbocycles. The van der Waals surface area contributed by atoms with Gasteiger partial charge in [-0.05, 0) is 172 Å². The molecule has 4 aromatic carbocycles. The lowest BCUT2D eigenvalue weighted by molar-refractivity contribution is 0.0239. The van der Waals surface area contributed by atoms with Gasteiger partial charge < -0.3 is 29.9 Å². The summed E-state index contributed by atoms with van der Waals surface area (Å²) in [6, 6.07) is 26.6. The number of hydrogen-bond acceptors (Lipinski definition) is 10. The summed E-state index contributed by atoms with van der Waals surface area (Å²) in [5, 5.41) is 34.0. The fourth-order valence-electron chi connectivity index (χ4n) is 11.7. The number of phenols is 1. The van der Waals surface area contributed by atoms with Crippen LogP contribution in [-0.4, -0.2) is 141 Å². The van der Waals surface area contributed by atoms with Crippen LogP contribution in [0.5, 0.6) is 11.5 Å². The molecule has 4 fully saturated rings. The third-order valence-electron chi connectivity index (χ3n) is 15.9. The zero-order chi connectivity index (χ0) is 51.2. The van der Waals surface area contributed by atoms with Crippen molar-refractivity contribution in [3.63, 3.8) is 0 Å². The van der Waals surface area contributed by atoms with Gasteiger partial charge in [-0.1, -0.05) is 58.5 Å². The molecule has 386 valence electrons. The smallest absolute Gasteiger partial charge is 0.254 e. The van der Waals surface area contributed by atoms with Crippen LogP contribution in [-0.2, 0) is 12.8 Å². The van der Waals surface area contributed by atoms with Crippen molar-refractivity contribution < 1.29 is 29.6 Å². The number of pyridine rings is 2. The standard InChI is InChI=1S/C29H33Cl2N3O3.C28H31Cl2N3O3/c1-37-23-3-5-28-25(16-23)24(6-10-32-28)29(36)33-12-8-22(9-13-33)34-11-7-20(21(17-34)18-35)14-19-2-4-26(30)27(31)15-19;29-25-3-1-18(14-26(25)30)13-19-6-10-33(16-20(19)17-34)21-7-11-32(12-8-21)28(36)23-5-9-31-27-4-2-22(35)15-24(23)27/h2-6,10,15-16,20-22,35H,7-9,11-14,17-18H2,1H3;1-5,9,14-15,19-21,34-35H,6-8,10-13,16-17H2/t20?,21-;19?,20-/m00/s1. The highest BCUT2D eigenvalue weighted by Gasteiger charge is 2.37. The molecule has 0 radical (unpaired) electrons. The van der Waals surface area contributed by atoms with E-state index >= 15 is 0 Å². The second-order valence-electron chi connectivity index (χ2n) is 20.2. The summed E-state index contributed by atoms with van der Waals surface area (Å²) >= 11 is 24.6. The van der Waals surface area contributed by atoms with Crippen molar-refractivity contribution in [2.75, 3.05) is 72.7 Å². The SMILES string of the molecule is COc1ccc2nccc(C(=O)N3CCC(N4CCC(Cc5ccc(Cl)c(Cl)c5)[C@H](CO)C4)CC3)c2c1.O=C(c1ccnc2ccc(O)cc12)N1CCC(N2CCC(Cc3ccc(Cl)c(Cl)c3)[C@H](CO)C2)CC1. The lowest BCUT2D eigenvalue weighted by Gasteiger charge is -2.44. The zero-order valence-electron chi connectivity index (χ0n) is 41.2. The van der Waals surface area contributed by atoms with Crippen LogP contribution < -0.4 is 4.74 Å². The predicted octanol–water partition coefficient (Wildman–Crippen LogP) is 10.4. The minimum atomic E-state index is -0.0139. The lowest BCUT2D eigenvalue weighted by Crippen LogP contribution is -2.52. The van der Waals surface area contributed by atoms with E-state index in [1.165, 1.54) is 5.56 Å². The fourth-order valence-corrected chi connectivity index (χ4v) is 12.4. The van der Waals surface area contributed by atoms with E-state index in [1.807, 2.05) is 64.4 Å². The number of likely N-dealkylation sites (tertiary alicyclic amines) is 4. The molecule has 73 heavy (non-hydrogen) atoms. The Morgan fingerprint density at radius 3 is 1.44 bits per heavy atom. The molecule has 4 atom stereocenters. The van der Waals surface area contributed by atoms with Crippen LogP contribution in [0.15, 0.2) is 97.3 Å². The van der Waals surface area contributed by atoms with Crippen LogP contribution in [0.2, 0.25) is 20.1 Å². The predicted molar refractivity (Wildman–Crippen MR) is 290 cm³/mol. The molecule has 0 saturated carbocycles. The number of nitrogens with zero attached hydrogens (tertiary/aromatic N) is 6. The molecule has 6 heterocycles. The molecular formula is C57H64Cl4N6O6. The van der Waals surface area contributed by atoms with E-state index in [4.69, 9.17) is 51.1 Å². The minimum Gasteiger partial charge on any atom is -0.508 e. The Morgan fingerprint density at radius 2 is 1.00 bits per heavy atom. The Labute approximate surface area is 447 Å². The third-order valence-corrected chi connectivity index (χ3v) is 17.4. The first-order chi connectivity index (χ1) is 35.4. The molecule has 10 rings (SSSR count). The van der Waals surface area contributed by atoms with Crippen molar-refractivity contribution in [3.8, 4) is 11.5 Å². The van der Waals surface area contributed by atoms with Gasteiger partial charge in [0.15, 0.2) is 0 Å². The highest BCUT2D eigenvalue weighted by atomic mass is 35.5. The number of hydrogen-bond donors (Lipinski definition) is 3. The number of aliphatic hydroxyl groups excluding tert-OH is 2. The first-order valence-corrected chi connectivity index (χ1v) is 27.1. The molecule has 4 aliphatic heterocycles. The van der Waals surface area contributed by atoms with Crippen LogP contribution in [0.25, 0.3) is 21.8 Å². The maximum Gasteiger partial charge on any atom is 0.254 e. The van der Waals surface area contributed by atoms with Crippen molar-refractivity contribution in [2.45, 2.75) is 63.5 Å². The number of aromatic hydroxyl groups is 1. The van der Waals surface area contributed by atoms with Crippen molar-refractivity contribution >= 4 is 80.0 Å². The quantitative estimate of drug-likeness (QED) is 0.115. The van der Waals surface area contributed by atoms with Gasteiger partial charge in [-0.25, -0.2) is 0 Å². The number of piperidine rings is 4. The van der Waals surface area contributed by atoms with E-state index in [0.29, 0.717) is 84.9 Å². The van der Waals surface area contributed by atoms with Gasteiger partial charge in [0.2, 0.25) is 0 Å². The van der Waals surface area contributed by atoms with Crippen LogP contribution in [0.1, 0.15) is 70.4 Å². The molecule has 2 unspecified atom stereocenters. The molecule has 2 amide bonds. The zero-order valence-corrected chi connectivity index (χ0v) is 44.2. The summed E-state index contributed by atoms with van der Waals surface area (Å²) in [5.41, 5.74) is 5.07. The fraction of sp³-hybridized carbons (Fsp3) is 0.439. The number of fused-ring (bicyclic) bond motifs is 2. The maximum absolute atomic E-state index is 13.4. The van der Waals surface area contributed by atoms with Crippen LogP contribution in [0.4, 0.5) is 0 Å². The average molecular weight is 1070 g/mol. The first kappa shape index (κ1) is 53.1. The summed E-state index contributed by atoms with van der Waals surface area (Å²) in [7, 11) is 1.63. The minimum absolute atomic E-state index is 0.0139. The summed E-state index contributed by atoms with van der Waals surface area (Å²) in [5.74, 6) is 2.13. The number of carbonyl (C=O) groups is 2. The van der Waals surface area contributed by atoms with E-state index in [2.05, 4.69) is 19.8 Å². The molecule has 0 bridgehead atoms. The lowest BCUT2D eigenvalue weighted by atomic mass is 9.80. The first-order valence-electron chi connectivity index (χ1n) is 25.6. The van der Waals surface area contributed by atoms with Gasteiger partial charge in [0, 0.05) is 87.7 Å². The molecular weight excluding hydrogens is 1010 g/mol. The Balaban J connectivity index is 0.000000180. The highest BCUT2D eigenvalue weighted by molar-refractivity contribution is 6.42. The number of methoxy groups -OCH3 is 1. The summed E-state index contributed by atoms with van der Waals surface area (Å²) < 4.78 is 5.37. The van der Waals surface area contributed by atoms with Crippen molar-refractivity contribution in [2.24, 2.45) is 23.7 Å². The Morgan fingerprint density at radius 1 is 0.548 bits per heavy atom. The number of carbonyl (C=O) groups excluding carboxylic acids is 2. The molecule has 12 nitrogen and oxygen atoms in total. The summed E-state index contributed by atoms with van der Waals surface area (Å²) in [6.45, 7) is 6.95. The molecule has 0 spiro atoms. The van der Waals surface area contributed by atoms with E-state index in [0.717, 1.165) is 107 Å². The van der Waals surface area contributed by atoms with Crippen LogP contribution in [0.3, 0.4) is 0 Å². The maximum atomic E-state index is 13.4. The number of phenolic OH excluding ortho intramolecular Hbond substituents is 1. The van der Waals surface area contributed by atoms with E-state index in [9.17, 15) is 24.9 Å². The normalized spacial score (nSPS) is 21.5. The topological polar surface area (TPSA) is 143 Å². The molecule has 4 aliphatic rings. The molecule has 3 N–H and O–H groups in total. The number of ether oxygens (including phenoxy) is 1. The number of amides is 2. The average Bonchev–Trinajstić information content (AvgIpc) is 3.42. The monoisotopic (exact) mass is 1070 g/mol. The van der Waals surface area contributed by atoms with Gasteiger partial charge in [0.05, 0.1) is 49.4 Å². The number of rotatable bonds is 11. The second-order valence-corrected chi connectivity index (χ2v) is 21.9. The Kier molecular flexibility index (Phi) is 17.7.